The molecule has 1 aromatic heterocycles. The maximum atomic E-state index is 6.13. The van der Waals surface area contributed by atoms with Crippen LogP contribution in [0.2, 0.25) is 0 Å². The highest BCUT2D eigenvalue weighted by Gasteiger charge is 2.18. The van der Waals surface area contributed by atoms with Crippen LogP contribution in [0.15, 0.2) is 59.6 Å². The van der Waals surface area contributed by atoms with Gasteiger partial charge in [0.25, 0.3) is 0 Å². The van der Waals surface area contributed by atoms with Gasteiger partial charge in [-0.2, -0.15) is 0 Å². The number of aromatic nitrogens is 1. The molecule has 3 heterocycles. The molecule has 0 unspecified atom stereocenters. The molecule has 1 fully saturated rings. The number of anilines is 3. The average molecular weight is 455 g/mol. The minimum absolute atomic E-state index is 0.611. The fraction of sp³-hybridized carbons (Fsp3) is 0.379. The Morgan fingerprint density at radius 3 is 2.74 bits per heavy atom. The normalized spacial score (nSPS) is 15.0. The lowest BCUT2D eigenvalue weighted by atomic mass is 10.00. The summed E-state index contributed by atoms with van der Waals surface area (Å²) >= 11 is 0. The van der Waals surface area contributed by atoms with Gasteiger partial charge >= 0.3 is 0 Å². The van der Waals surface area contributed by atoms with Crippen LogP contribution in [0.1, 0.15) is 44.2 Å². The van der Waals surface area contributed by atoms with Crippen molar-refractivity contribution in [2.75, 3.05) is 29.9 Å². The molecule has 2 aliphatic rings. The zero-order chi connectivity index (χ0) is 23.3. The van der Waals surface area contributed by atoms with Gasteiger partial charge in [-0.3, -0.25) is 4.99 Å². The minimum atomic E-state index is 0.611. The van der Waals surface area contributed by atoms with Crippen LogP contribution >= 0.6 is 0 Å². The topological polar surface area (TPSA) is 49.8 Å². The summed E-state index contributed by atoms with van der Waals surface area (Å²) in [4.78, 5) is 12.1. The van der Waals surface area contributed by atoms with E-state index in [9.17, 15) is 0 Å². The molecule has 0 amide bonds. The van der Waals surface area contributed by atoms with Crippen LogP contribution in [-0.4, -0.2) is 30.9 Å². The number of nitrogens with one attached hydrogen (secondary N) is 1. The highest BCUT2D eigenvalue weighted by Crippen LogP contribution is 2.34. The number of para-hydroxylation sites is 2. The predicted molar refractivity (Wildman–Crippen MR) is 142 cm³/mol. The first-order valence-electron chi connectivity index (χ1n) is 12.5. The van der Waals surface area contributed by atoms with E-state index in [1.807, 2.05) is 24.4 Å². The summed E-state index contributed by atoms with van der Waals surface area (Å²) < 4.78 is 6.13. The number of ether oxygens (including phenoxy) is 1. The fourth-order valence-corrected chi connectivity index (χ4v) is 4.62. The molecule has 1 N–H and O–H groups in total. The Morgan fingerprint density at radius 2 is 1.88 bits per heavy atom. The fourth-order valence-electron chi connectivity index (χ4n) is 4.62. The van der Waals surface area contributed by atoms with Gasteiger partial charge in [0.15, 0.2) is 0 Å². The summed E-state index contributed by atoms with van der Waals surface area (Å²) in [6.45, 7) is 8.06. The van der Waals surface area contributed by atoms with Crippen molar-refractivity contribution in [3.05, 3.63) is 65.7 Å². The molecule has 0 radical (unpaired) electrons. The number of hydrogen-bond donors (Lipinski definition) is 1. The first kappa shape index (κ1) is 22.5. The van der Waals surface area contributed by atoms with Gasteiger partial charge in [0, 0.05) is 42.5 Å². The molecule has 0 atom stereocenters. The third-order valence-electron chi connectivity index (χ3n) is 6.61. The average Bonchev–Trinajstić information content (AvgIpc) is 3.40. The summed E-state index contributed by atoms with van der Waals surface area (Å²) in [6, 6.07) is 19.2. The summed E-state index contributed by atoms with van der Waals surface area (Å²) in [5.74, 6) is 2.34. The first-order chi connectivity index (χ1) is 16.7. The molecule has 1 saturated heterocycles. The molecule has 34 heavy (non-hydrogen) atoms. The SMILES string of the molecule is CC(C)CCOc1ccccc1Nc1nc(-c2cccc(N3CCCC3)c2)cc2c1CN=CC2. The third kappa shape index (κ3) is 5.09. The summed E-state index contributed by atoms with van der Waals surface area (Å²) in [7, 11) is 0. The van der Waals surface area contributed by atoms with Crippen molar-refractivity contribution in [3.8, 4) is 17.0 Å². The standard InChI is InChI=1S/C29H34N4O/c1-21(2)13-17-34-28-11-4-3-10-26(28)31-29-25-20-30-14-12-22(25)19-27(32-29)23-8-7-9-24(18-23)33-15-5-6-16-33/h3-4,7-11,14,18-19,21H,5-6,12-13,15-17,20H2,1-2H3,(H,31,32). The molecule has 0 aliphatic carbocycles. The molecule has 3 aromatic rings. The molecule has 0 saturated carbocycles. The van der Waals surface area contributed by atoms with Crippen molar-refractivity contribution in [2.45, 2.75) is 46.1 Å². The Morgan fingerprint density at radius 1 is 1.03 bits per heavy atom. The van der Waals surface area contributed by atoms with Crippen LogP contribution in [0.3, 0.4) is 0 Å². The molecule has 5 heteroatoms. The Bertz CT molecular complexity index is 1160. The highest BCUT2D eigenvalue weighted by molar-refractivity contribution is 5.76. The Labute approximate surface area is 202 Å². The lowest BCUT2D eigenvalue weighted by molar-refractivity contribution is 0.291. The lowest BCUT2D eigenvalue weighted by Crippen LogP contribution is -2.17. The summed E-state index contributed by atoms with van der Waals surface area (Å²) in [5, 5.41) is 3.60. The van der Waals surface area contributed by atoms with Gasteiger partial charge < -0.3 is 15.0 Å². The quantitative estimate of drug-likeness (QED) is 0.414. The predicted octanol–water partition coefficient (Wildman–Crippen LogP) is 6.64. The van der Waals surface area contributed by atoms with Crippen LogP contribution in [0, 0.1) is 5.92 Å². The van der Waals surface area contributed by atoms with Gasteiger partial charge in [-0.15, -0.1) is 0 Å². The number of aliphatic imine (C=N–C) groups is 1. The van der Waals surface area contributed by atoms with E-state index in [2.05, 4.69) is 65.5 Å². The smallest absolute Gasteiger partial charge is 0.142 e. The zero-order valence-corrected chi connectivity index (χ0v) is 20.3. The second-order valence-corrected chi connectivity index (χ2v) is 9.62. The van der Waals surface area contributed by atoms with Crippen molar-refractivity contribution in [3.63, 3.8) is 0 Å². The number of nitrogens with zero attached hydrogens (tertiary/aromatic N) is 3. The number of rotatable bonds is 8. The van der Waals surface area contributed by atoms with Gasteiger partial charge in [0.1, 0.15) is 11.6 Å². The van der Waals surface area contributed by atoms with Gasteiger partial charge in [0.2, 0.25) is 0 Å². The molecule has 5 rings (SSSR count). The molecule has 176 valence electrons. The molecular formula is C29H34N4O. The van der Waals surface area contributed by atoms with E-state index in [0.29, 0.717) is 19.1 Å². The molecule has 2 aromatic carbocycles. The van der Waals surface area contributed by atoms with Crippen LogP contribution in [-0.2, 0) is 13.0 Å². The molecule has 2 aliphatic heterocycles. The number of hydrogen-bond acceptors (Lipinski definition) is 5. The van der Waals surface area contributed by atoms with E-state index in [0.717, 1.165) is 54.4 Å². The van der Waals surface area contributed by atoms with Crippen LogP contribution in [0.5, 0.6) is 5.75 Å². The van der Waals surface area contributed by atoms with Crippen LogP contribution in [0.25, 0.3) is 11.3 Å². The van der Waals surface area contributed by atoms with E-state index in [-0.39, 0.29) is 0 Å². The Kier molecular flexibility index (Phi) is 6.79. The van der Waals surface area contributed by atoms with Crippen molar-refractivity contribution in [1.29, 1.82) is 0 Å². The van der Waals surface area contributed by atoms with E-state index in [4.69, 9.17) is 9.72 Å². The van der Waals surface area contributed by atoms with E-state index >= 15 is 0 Å². The van der Waals surface area contributed by atoms with Gasteiger partial charge in [-0.25, -0.2) is 4.98 Å². The van der Waals surface area contributed by atoms with Crippen molar-refractivity contribution < 1.29 is 4.74 Å². The molecule has 0 bridgehead atoms. The van der Waals surface area contributed by atoms with E-state index in [1.165, 1.54) is 29.7 Å². The Hall–Kier alpha value is -3.34. The second-order valence-electron chi connectivity index (χ2n) is 9.62. The highest BCUT2D eigenvalue weighted by atomic mass is 16.5. The van der Waals surface area contributed by atoms with Crippen molar-refractivity contribution >= 4 is 23.4 Å². The van der Waals surface area contributed by atoms with Crippen molar-refractivity contribution in [1.82, 2.24) is 4.98 Å². The summed E-state index contributed by atoms with van der Waals surface area (Å²) in [6.07, 6.45) is 6.41. The Balaban J connectivity index is 1.47. The number of benzene rings is 2. The van der Waals surface area contributed by atoms with E-state index in [1.54, 1.807) is 0 Å². The van der Waals surface area contributed by atoms with Crippen LogP contribution in [0.4, 0.5) is 17.2 Å². The molecule has 0 spiro atoms. The first-order valence-corrected chi connectivity index (χ1v) is 12.5. The maximum absolute atomic E-state index is 6.13. The van der Waals surface area contributed by atoms with E-state index < -0.39 is 0 Å². The van der Waals surface area contributed by atoms with Gasteiger partial charge in [-0.1, -0.05) is 38.1 Å². The number of pyridine rings is 1. The van der Waals surface area contributed by atoms with Crippen molar-refractivity contribution in [2.24, 2.45) is 10.9 Å². The third-order valence-corrected chi connectivity index (χ3v) is 6.61. The summed E-state index contributed by atoms with van der Waals surface area (Å²) in [5.41, 5.74) is 6.83. The lowest BCUT2D eigenvalue weighted by Gasteiger charge is -2.21. The monoisotopic (exact) mass is 454 g/mol. The van der Waals surface area contributed by atoms with Gasteiger partial charge in [-0.05, 0) is 61.1 Å². The largest absolute Gasteiger partial charge is 0.491 e. The zero-order valence-electron chi connectivity index (χ0n) is 20.3. The minimum Gasteiger partial charge on any atom is -0.491 e. The molecular weight excluding hydrogens is 420 g/mol. The number of fused-ring (bicyclic) bond motifs is 1. The van der Waals surface area contributed by atoms with Gasteiger partial charge in [0.05, 0.1) is 24.5 Å². The van der Waals surface area contributed by atoms with Crippen LogP contribution < -0.4 is 15.0 Å². The molecule has 5 nitrogen and oxygen atoms in total. The second kappa shape index (κ2) is 10.3. The maximum Gasteiger partial charge on any atom is 0.142 e.